The average molecular weight is 314 g/mol. The number of primary amides is 1. The molecule has 1 fully saturated rings. The van der Waals surface area contributed by atoms with Crippen molar-refractivity contribution in [1.82, 2.24) is 4.90 Å². The number of aromatic hydroxyl groups is 1. The summed E-state index contributed by atoms with van der Waals surface area (Å²) in [5, 5.41) is 21.0. The molecule has 0 bridgehead atoms. The number of anilines is 1. The molecule has 7 nitrogen and oxygen atoms in total. The normalized spacial score (nSPS) is 15.8. The highest BCUT2D eigenvalue weighted by Gasteiger charge is 2.22. The largest absolute Gasteiger partial charge is 0.508 e. The fraction of sp³-hybridized carbons (Fsp3) is 0.312. The van der Waals surface area contributed by atoms with Gasteiger partial charge in [0.15, 0.2) is 0 Å². The van der Waals surface area contributed by atoms with Crippen LogP contribution in [0, 0.1) is 17.2 Å². The molecule has 2 rings (SSSR count). The van der Waals surface area contributed by atoms with Gasteiger partial charge in [-0.05, 0) is 37.1 Å². The highest BCUT2D eigenvalue weighted by Crippen LogP contribution is 2.18. The van der Waals surface area contributed by atoms with Gasteiger partial charge >= 0.3 is 0 Å². The van der Waals surface area contributed by atoms with E-state index >= 15 is 0 Å². The lowest BCUT2D eigenvalue weighted by Crippen LogP contribution is -2.36. The number of amides is 2. The molecule has 1 aromatic carbocycles. The molecule has 1 aliphatic heterocycles. The van der Waals surface area contributed by atoms with Crippen molar-refractivity contribution < 1.29 is 14.7 Å². The van der Waals surface area contributed by atoms with Gasteiger partial charge in [0.2, 0.25) is 5.91 Å². The van der Waals surface area contributed by atoms with E-state index in [0.29, 0.717) is 31.6 Å². The van der Waals surface area contributed by atoms with Crippen LogP contribution in [0.4, 0.5) is 5.69 Å². The van der Waals surface area contributed by atoms with E-state index in [9.17, 15) is 14.7 Å². The number of likely N-dealkylation sites (tertiary alicyclic amines) is 1. The van der Waals surface area contributed by atoms with E-state index in [1.54, 1.807) is 12.1 Å². The summed E-state index contributed by atoms with van der Waals surface area (Å²) in [4.78, 5) is 25.1. The monoisotopic (exact) mass is 314 g/mol. The van der Waals surface area contributed by atoms with Gasteiger partial charge in [0, 0.05) is 30.9 Å². The van der Waals surface area contributed by atoms with Gasteiger partial charge in [-0.1, -0.05) is 0 Å². The maximum Gasteiger partial charge on any atom is 0.267 e. The fourth-order valence-electron chi connectivity index (χ4n) is 2.38. The van der Waals surface area contributed by atoms with Crippen LogP contribution in [0.1, 0.15) is 12.8 Å². The molecule has 7 heteroatoms. The summed E-state index contributed by atoms with van der Waals surface area (Å²) in [6.45, 7) is 1.15. The van der Waals surface area contributed by atoms with Gasteiger partial charge in [0.25, 0.3) is 5.91 Å². The molecule has 0 aliphatic carbocycles. The molecule has 4 N–H and O–H groups in total. The van der Waals surface area contributed by atoms with E-state index in [1.807, 2.05) is 11.0 Å². The van der Waals surface area contributed by atoms with E-state index in [2.05, 4.69) is 5.32 Å². The van der Waals surface area contributed by atoms with Crippen molar-refractivity contribution in [2.45, 2.75) is 12.8 Å². The van der Waals surface area contributed by atoms with Gasteiger partial charge in [0.05, 0.1) is 0 Å². The minimum absolute atomic E-state index is 0.0180. The maximum absolute atomic E-state index is 12.1. The van der Waals surface area contributed by atoms with E-state index in [4.69, 9.17) is 11.0 Å². The molecule has 0 spiro atoms. The standard InChI is InChI=1S/C16H18N4O3/c17-9-12(10-20-7-5-11(6-8-20)15(18)22)16(23)19-13-1-3-14(21)4-2-13/h1-4,10-11,21H,5-8H2,(H2,18,22)(H,19,23)/b12-10-. The van der Waals surface area contributed by atoms with Crippen LogP contribution in [-0.4, -0.2) is 34.9 Å². The quantitative estimate of drug-likeness (QED) is 0.434. The van der Waals surface area contributed by atoms with Crippen molar-refractivity contribution in [2.75, 3.05) is 18.4 Å². The number of piperidine rings is 1. The van der Waals surface area contributed by atoms with Crippen LogP contribution in [0.2, 0.25) is 0 Å². The lowest BCUT2D eigenvalue weighted by Gasteiger charge is -2.29. The number of rotatable bonds is 4. The molecule has 0 unspecified atom stereocenters. The molecule has 0 aromatic heterocycles. The van der Waals surface area contributed by atoms with E-state index < -0.39 is 5.91 Å². The van der Waals surface area contributed by atoms with Gasteiger partial charge in [-0.25, -0.2) is 0 Å². The van der Waals surface area contributed by atoms with Crippen LogP contribution >= 0.6 is 0 Å². The Balaban J connectivity index is 1.99. The number of nitrogens with zero attached hydrogens (tertiary/aromatic N) is 2. The molecule has 1 heterocycles. The Morgan fingerprint density at radius 1 is 1.30 bits per heavy atom. The Labute approximate surface area is 134 Å². The molecule has 23 heavy (non-hydrogen) atoms. The summed E-state index contributed by atoms with van der Waals surface area (Å²) < 4.78 is 0. The number of phenolic OH excluding ortho intramolecular Hbond substituents is 1. The van der Waals surface area contributed by atoms with Crippen molar-refractivity contribution in [1.29, 1.82) is 5.26 Å². The number of hydrogen-bond donors (Lipinski definition) is 3. The van der Waals surface area contributed by atoms with Crippen molar-refractivity contribution in [3.8, 4) is 11.8 Å². The number of carbonyl (C=O) groups excluding carboxylic acids is 2. The lowest BCUT2D eigenvalue weighted by molar-refractivity contribution is -0.123. The third-order valence-corrected chi connectivity index (χ3v) is 3.73. The Hall–Kier alpha value is -3.01. The third-order valence-electron chi connectivity index (χ3n) is 3.73. The van der Waals surface area contributed by atoms with Crippen LogP contribution in [0.15, 0.2) is 36.0 Å². The first-order valence-electron chi connectivity index (χ1n) is 7.25. The summed E-state index contributed by atoms with van der Waals surface area (Å²) in [5.74, 6) is -0.873. The Kier molecular flexibility index (Phi) is 5.20. The lowest BCUT2D eigenvalue weighted by atomic mass is 9.96. The Bertz CT molecular complexity index is 653. The Morgan fingerprint density at radius 2 is 1.91 bits per heavy atom. The fourth-order valence-corrected chi connectivity index (χ4v) is 2.38. The molecule has 1 aliphatic rings. The van der Waals surface area contributed by atoms with Gasteiger partial charge in [0.1, 0.15) is 17.4 Å². The second kappa shape index (κ2) is 7.31. The van der Waals surface area contributed by atoms with Gasteiger partial charge < -0.3 is 21.1 Å². The zero-order valence-corrected chi connectivity index (χ0v) is 12.5. The predicted octanol–water partition coefficient (Wildman–Crippen LogP) is 0.935. The zero-order valence-electron chi connectivity index (χ0n) is 12.5. The smallest absolute Gasteiger partial charge is 0.267 e. The van der Waals surface area contributed by atoms with Gasteiger partial charge in [-0.3, -0.25) is 9.59 Å². The number of benzene rings is 1. The SMILES string of the molecule is N#C/C(=C/N1CCC(C(N)=O)CC1)C(=O)Nc1ccc(O)cc1. The van der Waals surface area contributed by atoms with Crippen molar-refractivity contribution in [3.63, 3.8) is 0 Å². The Morgan fingerprint density at radius 3 is 2.43 bits per heavy atom. The number of carbonyl (C=O) groups is 2. The van der Waals surface area contributed by atoms with Crippen molar-refractivity contribution >= 4 is 17.5 Å². The maximum atomic E-state index is 12.1. The zero-order chi connectivity index (χ0) is 16.8. The van der Waals surface area contributed by atoms with Crippen LogP contribution in [0.5, 0.6) is 5.75 Å². The van der Waals surface area contributed by atoms with Gasteiger partial charge in [-0.2, -0.15) is 5.26 Å². The van der Waals surface area contributed by atoms with Crippen molar-refractivity contribution in [2.24, 2.45) is 11.7 Å². The second-order valence-electron chi connectivity index (χ2n) is 5.37. The van der Waals surface area contributed by atoms with E-state index in [0.717, 1.165) is 0 Å². The summed E-state index contributed by atoms with van der Waals surface area (Å²) in [6, 6.07) is 7.85. The summed E-state index contributed by atoms with van der Waals surface area (Å²) >= 11 is 0. The first-order valence-corrected chi connectivity index (χ1v) is 7.25. The number of hydrogen-bond acceptors (Lipinski definition) is 5. The van der Waals surface area contributed by atoms with E-state index in [-0.39, 0.29) is 23.1 Å². The first-order chi connectivity index (χ1) is 11.0. The van der Waals surface area contributed by atoms with Crippen LogP contribution in [-0.2, 0) is 9.59 Å². The number of nitrogens with two attached hydrogens (primary N) is 1. The molecular formula is C16H18N4O3. The molecule has 1 aromatic rings. The summed E-state index contributed by atoms with van der Waals surface area (Å²) in [6.07, 6.45) is 2.74. The molecule has 0 atom stereocenters. The minimum atomic E-state index is -0.518. The topological polar surface area (TPSA) is 119 Å². The average Bonchev–Trinajstić information content (AvgIpc) is 2.55. The highest BCUT2D eigenvalue weighted by molar-refractivity contribution is 6.06. The van der Waals surface area contributed by atoms with Gasteiger partial charge in [-0.15, -0.1) is 0 Å². The van der Waals surface area contributed by atoms with Crippen molar-refractivity contribution in [3.05, 3.63) is 36.0 Å². The summed E-state index contributed by atoms with van der Waals surface area (Å²) in [7, 11) is 0. The number of nitriles is 1. The third kappa shape index (κ3) is 4.48. The molecule has 120 valence electrons. The van der Waals surface area contributed by atoms with Crippen LogP contribution in [0.3, 0.4) is 0 Å². The molecule has 2 amide bonds. The second-order valence-corrected chi connectivity index (χ2v) is 5.37. The number of phenols is 1. The summed E-state index contributed by atoms with van der Waals surface area (Å²) in [5.41, 5.74) is 5.75. The predicted molar refractivity (Wildman–Crippen MR) is 83.9 cm³/mol. The van der Waals surface area contributed by atoms with Crippen LogP contribution in [0.25, 0.3) is 0 Å². The molecular weight excluding hydrogens is 296 g/mol. The van der Waals surface area contributed by atoms with Crippen LogP contribution < -0.4 is 11.1 Å². The number of nitrogens with one attached hydrogen (secondary N) is 1. The minimum Gasteiger partial charge on any atom is -0.508 e. The first kappa shape index (κ1) is 16.4. The molecule has 0 radical (unpaired) electrons. The van der Waals surface area contributed by atoms with E-state index in [1.165, 1.54) is 18.3 Å². The molecule has 1 saturated heterocycles. The highest BCUT2D eigenvalue weighted by atomic mass is 16.3. The molecule has 0 saturated carbocycles.